The van der Waals surface area contributed by atoms with E-state index in [0.717, 1.165) is 13.1 Å². The molecule has 0 saturated carbocycles. The SMILES string of the molecule is CN(CCN1CCOCC1)CC(F)(F)C(F)F. The van der Waals surface area contributed by atoms with E-state index in [1.165, 1.54) is 11.9 Å². The van der Waals surface area contributed by atoms with Crippen molar-refractivity contribution in [2.45, 2.75) is 12.3 Å². The zero-order valence-electron chi connectivity index (χ0n) is 9.84. The van der Waals surface area contributed by atoms with Crippen LogP contribution in [0.15, 0.2) is 0 Å². The van der Waals surface area contributed by atoms with E-state index >= 15 is 0 Å². The fourth-order valence-corrected chi connectivity index (χ4v) is 1.64. The highest BCUT2D eigenvalue weighted by molar-refractivity contribution is 4.74. The van der Waals surface area contributed by atoms with Crippen molar-refractivity contribution < 1.29 is 22.3 Å². The lowest BCUT2D eigenvalue weighted by atomic mass is 10.3. The molecule has 1 aliphatic heterocycles. The van der Waals surface area contributed by atoms with Gasteiger partial charge in [0.2, 0.25) is 0 Å². The van der Waals surface area contributed by atoms with E-state index in [-0.39, 0.29) is 0 Å². The second kappa shape index (κ2) is 6.51. The van der Waals surface area contributed by atoms with Gasteiger partial charge in [-0.05, 0) is 7.05 Å². The molecule has 0 spiro atoms. The van der Waals surface area contributed by atoms with E-state index in [1.807, 2.05) is 0 Å². The van der Waals surface area contributed by atoms with Crippen LogP contribution in [0.1, 0.15) is 0 Å². The van der Waals surface area contributed by atoms with Crippen LogP contribution >= 0.6 is 0 Å². The van der Waals surface area contributed by atoms with Crippen molar-refractivity contribution in [3.8, 4) is 0 Å². The molecule has 0 aliphatic carbocycles. The van der Waals surface area contributed by atoms with Crippen LogP contribution in [0.2, 0.25) is 0 Å². The van der Waals surface area contributed by atoms with Crippen molar-refractivity contribution >= 4 is 0 Å². The van der Waals surface area contributed by atoms with Crippen molar-refractivity contribution in [1.82, 2.24) is 9.80 Å². The zero-order chi connectivity index (χ0) is 12.9. The van der Waals surface area contributed by atoms with Crippen LogP contribution in [0.5, 0.6) is 0 Å². The molecule has 7 heteroatoms. The number of ether oxygens (including phenoxy) is 1. The minimum absolute atomic E-state index is 0.350. The highest BCUT2D eigenvalue weighted by atomic mass is 19.3. The summed E-state index contributed by atoms with van der Waals surface area (Å²) < 4.78 is 54.5. The van der Waals surface area contributed by atoms with Gasteiger partial charge in [-0.2, -0.15) is 8.78 Å². The highest BCUT2D eigenvalue weighted by Crippen LogP contribution is 2.23. The first kappa shape index (κ1) is 14.7. The minimum atomic E-state index is -3.93. The van der Waals surface area contributed by atoms with Gasteiger partial charge in [0.05, 0.1) is 19.8 Å². The number of hydrogen-bond acceptors (Lipinski definition) is 3. The molecule has 102 valence electrons. The molecule has 0 aromatic carbocycles. The quantitative estimate of drug-likeness (QED) is 0.665. The monoisotopic (exact) mass is 258 g/mol. The Hall–Kier alpha value is -0.400. The second-order valence-corrected chi connectivity index (χ2v) is 4.25. The van der Waals surface area contributed by atoms with E-state index in [2.05, 4.69) is 4.90 Å². The van der Waals surface area contributed by atoms with Crippen LogP contribution in [0.4, 0.5) is 17.6 Å². The van der Waals surface area contributed by atoms with Gasteiger partial charge < -0.3 is 4.74 Å². The number of halogens is 4. The van der Waals surface area contributed by atoms with Crippen LogP contribution in [0.25, 0.3) is 0 Å². The number of morpholine rings is 1. The van der Waals surface area contributed by atoms with Gasteiger partial charge in [-0.3, -0.25) is 9.80 Å². The summed E-state index contributed by atoms with van der Waals surface area (Å²) in [5.74, 6) is -3.93. The van der Waals surface area contributed by atoms with Crippen molar-refractivity contribution in [2.24, 2.45) is 0 Å². The van der Waals surface area contributed by atoms with Crippen LogP contribution < -0.4 is 0 Å². The summed E-state index contributed by atoms with van der Waals surface area (Å²) in [6.45, 7) is 2.84. The number of alkyl halides is 4. The van der Waals surface area contributed by atoms with E-state index in [9.17, 15) is 17.6 Å². The Morgan fingerprint density at radius 1 is 1.29 bits per heavy atom. The van der Waals surface area contributed by atoms with Gasteiger partial charge in [0.15, 0.2) is 0 Å². The topological polar surface area (TPSA) is 15.7 Å². The molecule has 1 saturated heterocycles. The Kier molecular flexibility index (Phi) is 5.61. The summed E-state index contributed by atoms with van der Waals surface area (Å²) in [5.41, 5.74) is 0. The molecule has 0 amide bonds. The number of likely N-dealkylation sites (N-methyl/N-ethyl adjacent to an activating group) is 1. The average Bonchev–Trinajstić information content (AvgIpc) is 2.27. The molecule has 1 heterocycles. The molecule has 0 N–H and O–H groups in total. The highest BCUT2D eigenvalue weighted by Gasteiger charge is 2.41. The normalized spacial score (nSPS) is 19.2. The van der Waals surface area contributed by atoms with Gasteiger partial charge in [-0.1, -0.05) is 0 Å². The Morgan fingerprint density at radius 2 is 1.88 bits per heavy atom. The number of hydrogen-bond donors (Lipinski definition) is 0. The van der Waals surface area contributed by atoms with Gasteiger partial charge in [-0.25, -0.2) is 8.78 Å². The maximum absolute atomic E-state index is 12.7. The van der Waals surface area contributed by atoms with Crippen LogP contribution in [-0.2, 0) is 4.74 Å². The number of rotatable bonds is 6. The van der Waals surface area contributed by atoms with Crippen molar-refractivity contribution in [3.05, 3.63) is 0 Å². The molecule has 1 aliphatic rings. The Labute approximate surface area is 98.3 Å². The van der Waals surface area contributed by atoms with E-state index in [4.69, 9.17) is 4.74 Å². The number of nitrogens with zero attached hydrogens (tertiary/aromatic N) is 2. The smallest absolute Gasteiger partial charge is 0.319 e. The van der Waals surface area contributed by atoms with Crippen LogP contribution in [0.3, 0.4) is 0 Å². The first-order valence-electron chi connectivity index (χ1n) is 5.56. The molecule has 0 atom stereocenters. The molecular weight excluding hydrogens is 240 g/mol. The van der Waals surface area contributed by atoms with Gasteiger partial charge in [0.1, 0.15) is 0 Å². The Bertz CT molecular complexity index is 222. The summed E-state index contributed by atoms with van der Waals surface area (Å²) in [6, 6.07) is 0. The van der Waals surface area contributed by atoms with Crippen molar-refractivity contribution in [2.75, 3.05) is 53.0 Å². The lowest BCUT2D eigenvalue weighted by Crippen LogP contribution is -2.44. The lowest BCUT2D eigenvalue weighted by molar-refractivity contribution is -0.140. The van der Waals surface area contributed by atoms with Crippen LogP contribution in [-0.4, -0.2) is 75.1 Å². The van der Waals surface area contributed by atoms with E-state index in [0.29, 0.717) is 26.3 Å². The molecule has 1 rings (SSSR count). The third-order valence-corrected chi connectivity index (χ3v) is 2.70. The maximum Gasteiger partial charge on any atom is 0.319 e. The van der Waals surface area contributed by atoms with Crippen molar-refractivity contribution in [1.29, 1.82) is 0 Å². The largest absolute Gasteiger partial charge is 0.379 e. The lowest BCUT2D eigenvalue weighted by Gasteiger charge is -2.29. The Balaban J connectivity index is 2.22. The first-order valence-corrected chi connectivity index (χ1v) is 5.56. The average molecular weight is 258 g/mol. The fraction of sp³-hybridized carbons (Fsp3) is 1.00. The molecule has 1 fully saturated rings. The molecule has 0 aromatic heterocycles. The standard InChI is InChI=1S/C10H18F4N2O/c1-15(8-10(13,14)9(11)12)2-3-16-4-6-17-7-5-16/h9H,2-8H2,1H3. The van der Waals surface area contributed by atoms with Crippen LogP contribution in [0, 0.1) is 0 Å². The summed E-state index contributed by atoms with van der Waals surface area (Å²) in [6.07, 6.45) is -3.60. The molecule has 0 radical (unpaired) electrons. The fourth-order valence-electron chi connectivity index (χ4n) is 1.64. The third-order valence-electron chi connectivity index (χ3n) is 2.70. The predicted molar refractivity (Wildman–Crippen MR) is 55.7 cm³/mol. The minimum Gasteiger partial charge on any atom is -0.379 e. The maximum atomic E-state index is 12.7. The molecule has 17 heavy (non-hydrogen) atoms. The molecule has 3 nitrogen and oxygen atoms in total. The van der Waals surface area contributed by atoms with Gasteiger partial charge in [-0.15, -0.1) is 0 Å². The first-order chi connectivity index (χ1) is 7.92. The van der Waals surface area contributed by atoms with E-state index < -0.39 is 18.9 Å². The molecule has 0 aromatic rings. The van der Waals surface area contributed by atoms with E-state index in [1.54, 1.807) is 0 Å². The summed E-state index contributed by atoms with van der Waals surface area (Å²) in [7, 11) is 1.43. The summed E-state index contributed by atoms with van der Waals surface area (Å²) in [5, 5.41) is 0. The zero-order valence-corrected chi connectivity index (χ0v) is 9.84. The second-order valence-electron chi connectivity index (χ2n) is 4.25. The van der Waals surface area contributed by atoms with Gasteiger partial charge in [0, 0.05) is 26.2 Å². The summed E-state index contributed by atoms with van der Waals surface area (Å²) in [4.78, 5) is 3.31. The Morgan fingerprint density at radius 3 is 2.41 bits per heavy atom. The molecule has 0 bridgehead atoms. The third kappa shape index (κ3) is 5.18. The van der Waals surface area contributed by atoms with Crippen molar-refractivity contribution in [3.63, 3.8) is 0 Å². The predicted octanol–water partition coefficient (Wildman–Crippen LogP) is 1.15. The van der Waals surface area contributed by atoms with Gasteiger partial charge in [0.25, 0.3) is 0 Å². The summed E-state index contributed by atoms with van der Waals surface area (Å²) >= 11 is 0. The molecular formula is C10H18F4N2O. The van der Waals surface area contributed by atoms with Gasteiger partial charge >= 0.3 is 12.3 Å². The molecule has 0 unspecified atom stereocenters.